The Morgan fingerprint density at radius 3 is 2.56 bits per heavy atom. The van der Waals surface area contributed by atoms with E-state index in [-0.39, 0.29) is 54.9 Å². The summed E-state index contributed by atoms with van der Waals surface area (Å²) in [5.74, 6) is -5.03. The second-order valence-electron chi connectivity index (χ2n) is 10.3. The third-order valence-corrected chi connectivity index (χ3v) is 7.57. The molecule has 12 heteroatoms. The Morgan fingerprint density at radius 1 is 1.27 bits per heavy atom. The Kier molecular flexibility index (Phi) is 13.1. The number of fused-ring (bicyclic) bond motifs is 1. The number of aromatic nitrogens is 1. The molecule has 1 aromatic heterocycles. The van der Waals surface area contributed by atoms with Crippen molar-refractivity contribution in [1.82, 2.24) is 9.88 Å². The van der Waals surface area contributed by atoms with E-state index in [0.29, 0.717) is 24.6 Å². The molecule has 6 atom stereocenters. The number of hydrogen-bond donors (Lipinski definition) is 2. The third-order valence-electron chi connectivity index (χ3n) is 7.57. The molecule has 1 unspecified atom stereocenters. The topological polar surface area (TPSA) is 115 Å². The molecule has 0 spiro atoms. The number of ether oxygens (including phenoxy) is 1. The van der Waals surface area contributed by atoms with Crippen LogP contribution >= 0.6 is 0 Å². The summed E-state index contributed by atoms with van der Waals surface area (Å²) in [7, 11) is 0. The summed E-state index contributed by atoms with van der Waals surface area (Å²) in [6, 6.07) is 3.16. The fourth-order valence-corrected chi connectivity index (χ4v) is 5.29. The van der Waals surface area contributed by atoms with Gasteiger partial charge in [-0.2, -0.15) is 0 Å². The maximum absolute atomic E-state index is 15.6. The smallest absolute Gasteiger partial charge is 0.278 e. The first kappa shape index (κ1) is 35.0. The average molecular weight is 618 g/mol. The predicted octanol–water partition coefficient (Wildman–Crippen LogP) is 5.37. The molecule has 2 heterocycles. The molecule has 0 bridgehead atoms. The van der Waals surface area contributed by atoms with Gasteiger partial charge in [-0.25, -0.2) is 29.3 Å². The Morgan fingerprint density at radius 2 is 1.98 bits per heavy atom. The Bertz CT molecular complexity index is 1170. The van der Waals surface area contributed by atoms with E-state index in [1.807, 2.05) is 20.1 Å². The Hall–Kier alpha value is -2.18. The minimum atomic E-state index is -3.31. The number of unbranched alkanes of at least 4 members (excludes halogenated alkanes) is 1. The SMILES string of the molecule is CC.CC[C@@H]1[C@@H](Oc2nc3cc(F)ccc3cc2C(F)(F)CCCCC2C[C@H]2OO)CN(C(=O)[C@H](C)N)[C@@H]1[C-]=O.[V]. The number of benzene rings is 1. The number of nitrogens with two attached hydrogens (primary N) is 1. The molecule has 4 rings (SSSR count). The fourth-order valence-electron chi connectivity index (χ4n) is 5.29. The summed E-state index contributed by atoms with van der Waals surface area (Å²) < 4.78 is 51.2. The number of carbonyl (C=O) groups is 1. The van der Waals surface area contributed by atoms with Crippen molar-refractivity contribution in [3.05, 3.63) is 35.6 Å². The normalized spacial score (nSPS) is 24.2. The van der Waals surface area contributed by atoms with Crippen molar-refractivity contribution in [2.45, 2.75) is 96.4 Å². The molecular weight excluding hydrogens is 578 g/mol. The summed E-state index contributed by atoms with van der Waals surface area (Å²) in [6.07, 6.45) is 2.97. The number of carbonyl (C=O) groups excluding carboxylic acids is 2. The number of halogens is 3. The molecule has 227 valence electrons. The van der Waals surface area contributed by atoms with Gasteiger partial charge < -0.3 is 20.2 Å². The fraction of sp³-hybridized carbons (Fsp3) is 0.621. The van der Waals surface area contributed by atoms with Gasteiger partial charge in [0.25, 0.3) is 5.92 Å². The molecule has 1 radical (unpaired) electrons. The molecule has 2 fully saturated rings. The number of pyridine rings is 1. The average Bonchev–Trinajstić information content (AvgIpc) is 3.62. The number of amides is 1. The van der Waals surface area contributed by atoms with Gasteiger partial charge in [0.05, 0.1) is 29.8 Å². The van der Waals surface area contributed by atoms with Crippen LogP contribution in [0.3, 0.4) is 0 Å². The first-order chi connectivity index (χ1) is 19.1. The van der Waals surface area contributed by atoms with Gasteiger partial charge in [-0.1, -0.05) is 39.7 Å². The van der Waals surface area contributed by atoms with Gasteiger partial charge in [0, 0.05) is 36.4 Å². The zero-order valence-corrected chi connectivity index (χ0v) is 25.3. The molecule has 1 aliphatic heterocycles. The van der Waals surface area contributed by atoms with Gasteiger partial charge in [0.2, 0.25) is 11.8 Å². The second-order valence-corrected chi connectivity index (χ2v) is 10.3. The largest absolute Gasteiger partial charge is 0.540 e. The van der Waals surface area contributed by atoms with E-state index in [9.17, 15) is 14.0 Å². The molecule has 41 heavy (non-hydrogen) atoms. The molecule has 3 N–H and O–H groups in total. The van der Waals surface area contributed by atoms with E-state index in [1.54, 1.807) is 6.92 Å². The summed E-state index contributed by atoms with van der Waals surface area (Å²) in [4.78, 5) is 34.2. The summed E-state index contributed by atoms with van der Waals surface area (Å²) >= 11 is 0. The van der Waals surface area contributed by atoms with Crippen LogP contribution in [-0.2, 0) is 39.0 Å². The molecule has 1 saturated carbocycles. The Balaban J connectivity index is 0.00000192. The summed E-state index contributed by atoms with van der Waals surface area (Å²) in [5, 5.41) is 9.03. The van der Waals surface area contributed by atoms with Crippen molar-refractivity contribution in [2.75, 3.05) is 6.54 Å². The van der Waals surface area contributed by atoms with Gasteiger partial charge >= 0.3 is 0 Å². The maximum Gasteiger partial charge on any atom is 0.278 e. The van der Waals surface area contributed by atoms with Crippen LogP contribution in [0.4, 0.5) is 13.2 Å². The molecule has 2 aliphatic rings. The molecule has 2 aromatic rings. The van der Waals surface area contributed by atoms with Gasteiger partial charge in [-0.15, -0.1) is 0 Å². The van der Waals surface area contributed by atoms with E-state index < -0.39 is 53.7 Å². The van der Waals surface area contributed by atoms with Crippen LogP contribution in [0.2, 0.25) is 0 Å². The second kappa shape index (κ2) is 15.3. The summed E-state index contributed by atoms with van der Waals surface area (Å²) in [6.45, 7) is 7.26. The zero-order valence-electron chi connectivity index (χ0n) is 23.9. The van der Waals surface area contributed by atoms with Gasteiger partial charge in [0.1, 0.15) is 11.9 Å². The van der Waals surface area contributed by atoms with Crippen LogP contribution < -0.4 is 10.5 Å². The van der Waals surface area contributed by atoms with Crippen molar-refractivity contribution in [3.8, 4) is 5.88 Å². The van der Waals surface area contributed by atoms with E-state index in [2.05, 4.69) is 9.87 Å². The van der Waals surface area contributed by atoms with Crippen LogP contribution in [0, 0.1) is 17.7 Å². The molecule has 1 aliphatic carbocycles. The van der Waals surface area contributed by atoms with Crippen LogP contribution in [0.25, 0.3) is 10.9 Å². The summed E-state index contributed by atoms with van der Waals surface area (Å²) in [5.41, 5.74) is 5.46. The Labute approximate surface area is 251 Å². The molecule has 1 saturated heterocycles. The molecule has 1 aromatic carbocycles. The molecule has 8 nitrogen and oxygen atoms in total. The number of likely N-dealkylation sites (tertiary alicyclic amines) is 1. The van der Waals surface area contributed by atoms with Gasteiger partial charge in [-0.3, -0.25) is 10.1 Å². The van der Waals surface area contributed by atoms with Crippen LogP contribution in [-0.4, -0.2) is 58.2 Å². The minimum absolute atomic E-state index is 0. The van der Waals surface area contributed by atoms with Crippen molar-refractivity contribution >= 4 is 23.1 Å². The van der Waals surface area contributed by atoms with E-state index in [4.69, 9.17) is 15.7 Å². The first-order valence-corrected chi connectivity index (χ1v) is 14.0. The van der Waals surface area contributed by atoms with E-state index in [0.717, 1.165) is 12.5 Å². The quantitative estimate of drug-likeness (QED) is 0.143. The van der Waals surface area contributed by atoms with Crippen molar-refractivity contribution in [1.29, 1.82) is 0 Å². The van der Waals surface area contributed by atoms with Crippen LogP contribution in [0.15, 0.2) is 24.3 Å². The monoisotopic (exact) mass is 617 g/mol. The van der Waals surface area contributed by atoms with E-state index >= 15 is 8.78 Å². The van der Waals surface area contributed by atoms with Crippen LogP contribution in [0.5, 0.6) is 5.88 Å². The van der Waals surface area contributed by atoms with Crippen molar-refractivity contribution in [2.24, 2.45) is 17.6 Å². The zero-order chi connectivity index (χ0) is 29.6. The number of alkyl halides is 2. The van der Waals surface area contributed by atoms with Crippen molar-refractivity contribution in [3.63, 3.8) is 0 Å². The van der Waals surface area contributed by atoms with Gasteiger partial charge in [0.15, 0.2) is 0 Å². The maximum atomic E-state index is 15.6. The third kappa shape index (κ3) is 8.22. The number of nitrogens with zero attached hydrogens (tertiary/aromatic N) is 2. The first-order valence-electron chi connectivity index (χ1n) is 14.0. The van der Waals surface area contributed by atoms with E-state index in [1.165, 1.54) is 30.0 Å². The molecule has 1 amide bonds. The van der Waals surface area contributed by atoms with Gasteiger partial charge in [-0.05, 0) is 56.2 Å². The standard InChI is InChI=1S/C27H33F3N3O5.C2H6.V/c1-3-19-22(14-34)33(26(35)15(2)31)13-24(19)37-25-20(10-16-7-8-18(28)12-21(16)32-25)27(29,30)9-5-4-6-17-11-23(17)38-36;1-2;/h7-8,10,12,15,17,19,22-24,36H,3-6,9,11,13,31H2,1-2H3;1-2H3;/q-1;;/t15-,17?,19-,22+,23+,24-;;/m0../s1. The number of hydrogen-bond acceptors (Lipinski definition) is 7. The predicted molar refractivity (Wildman–Crippen MR) is 144 cm³/mol. The number of rotatable bonds is 12. The van der Waals surface area contributed by atoms with Crippen molar-refractivity contribution < 1.29 is 56.2 Å². The van der Waals surface area contributed by atoms with Crippen LogP contribution in [0.1, 0.15) is 71.8 Å². The molecular formula is C29H39F3N3O5V-. The minimum Gasteiger partial charge on any atom is -0.540 e.